The minimum absolute atomic E-state index is 0.190. The molecule has 0 rings (SSSR count). The molecular weight excluding hydrogens is 504 g/mol. The molecule has 0 aliphatic carbocycles. The lowest BCUT2D eigenvalue weighted by Crippen LogP contribution is -2.71. The summed E-state index contributed by atoms with van der Waals surface area (Å²) in [6.45, 7) is 2.55. The Bertz CT molecular complexity index is 443. The van der Waals surface area contributed by atoms with Crippen molar-refractivity contribution in [3.05, 3.63) is 0 Å². The van der Waals surface area contributed by atoms with Crippen molar-refractivity contribution in [3.8, 4) is 0 Å². The average molecular weight is 522 g/mol. The summed E-state index contributed by atoms with van der Waals surface area (Å²) < 4.78 is 144. The average Bonchev–Trinajstić information content (AvgIpc) is 2.45. The number of hydrogen-bond acceptors (Lipinski definition) is 0. The van der Waals surface area contributed by atoms with E-state index in [0.29, 0.717) is 12.8 Å². The van der Waals surface area contributed by atoms with Crippen LogP contribution in [0.25, 0.3) is 0 Å². The van der Waals surface area contributed by atoms with Crippen LogP contribution in [-0.4, -0.2) is 33.8 Å². The van der Waals surface area contributed by atoms with Gasteiger partial charge in [0.05, 0.1) is 0 Å². The number of halogens is 12. The van der Waals surface area contributed by atoms with E-state index in [9.17, 15) is 48.3 Å². The molecule has 0 amide bonds. The minimum Gasteiger partial charge on any atom is -0.226 e. The summed E-state index contributed by atoms with van der Waals surface area (Å²) in [5, 5.41) is 0. The van der Waals surface area contributed by atoms with Gasteiger partial charge < -0.3 is 0 Å². The van der Waals surface area contributed by atoms with Crippen molar-refractivity contribution in [1.29, 1.82) is 0 Å². The van der Waals surface area contributed by atoms with E-state index >= 15 is 0 Å². The van der Waals surface area contributed by atoms with Gasteiger partial charge in [0.2, 0.25) is 0 Å². The van der Waals surface area contributed by atoms with Crippen LogP contribution in [0.15, 0.2) is 0 Å². The van der Waals surface area contributed by atoms with Crippen molar-refractivity contribution < 1.29 is 48.3 Å². The number of alkyl halides is 12. The second kappa shape index (κ2) is 8.54. The Balaban J connectivity index is 6.27. The Labute approximate surface area is 157 Å². The Kier molecular flexibility index (Phi) is 8.53. The fraction of sp³-hybridized carbons (Fsp3) is 1.00. The second-order valence-electron chi connectivity index (χ2n) is 5.88. The van der Waals surface area contributed by atoms with E-state index < -0.39 is 46.1 Å². The predicted molar refractivity (Wildman–Crippen MR) is 81.6 cm³/mol. The molecule has 0 bridgehead atoms. The number of unbranched alkanes of at least 4 members (excludes halogenated alkanes) is 2. The molecule has 0 saturated carbocycles. The topological polar surface area (TPSA) is 0 Å². The van der Waals surface area contributed by atoms with Crippen LogP contribution >= 0.6 is 22.6 Å². The lowest BCUT2D eigenvalue weighted by atomic mass is 9.75. The Hall–Kier alpha value is -0.0400. The maximum Gasteiger partial charge on any atom is 0.460 e. The molecule has 0 spiro atoms. The Morgan fingerprint density at radius 2 is 1.15 bits per heavy atom. The first kappa shape index (κ1) is 26.0. The fourth-order valence-electron chi connectivity index (χ4n) is 2.60. The lowest BCUT2D eigenvalue weighted by Gasteiger charge is -2.44. The van der Waals surface area contributed by atoms with E-state index in [2.05, 4.69) is 0 Å². The molecule has 3 unspecified atom stereocenters. The lowest BCUT2D eigenvalue weighted by molar-refractivity contribution is -0.419. The Morgan fingerprint density at radius 1 is 0.692 bits per heavy atom. The number of rotatable bonds is 9. The van der Waals surface area contributed by atoms with E-state index in [-0.39, 0.29) is 12.8 Å². The molecule has 0 aliphatic rings. The molecule has 26 heavy (non-hydrogen) atoms. The summed E-state index contributed by atoms with van der Waals surface area (Å²) in [6.07, 6.45) is -13.7. The van der Waals surface area contributed by atoms with Crippen LogP contribution in [0.3, 0.4) is 0 Å². The van der Waals surface area contributed by atoms with Crippen LogP contribution in [0, 0.1) is 5.92 Å². The zero-order chi connectivity index (χ0) is 21.2. The zero-order valence-corrected chi connectivity index (χ0v) is 15.9. The summed E-state index contributed by atoms with van der Waals surface area (Å²) in [6, 6.07) is 0. The highest BCUT2D eigenvalue weighted by molar-refractivity contribution is 14.1. The molecule has 0 aromatic heterocycles. The van der Waals surface area contributed by atoms with Crippen molar-refractivity contribution in [2.45, 2.75) is 79.7 Å². The molecule has 0 radical (unpaired) electrons. The van der Waals surface area contributed by atoms with Crippen molar-refractivity contribution in [1.82, 2.24) is 0 Å². The Morgan fingerprint density at radius 3 is 1.46 bits per heavy atom. The van der Waals surface area contributed by atoms with Crippen molar-refractivity contribution >= 4 is 22.6 Å². The van der Waals surface area contributed by atoms with Crippen LogP contribution in [0.2, 0.25) is 0 Å². The highest BCUT2D eigenvalue weighted by Crippen LogP contribution is 2.61. The third-order valence-corrected chi connectivity index (χ3v) is 5.58. The third-order valence-electron chi connectivity index (χ3n) is 4.09. The first-order chi connectivity index (χ1) is 11.4. The van der Waals surface area contributed by atoms with Crippen LogP contribution in [0.1, 0.15) is 46.0 Å². The van der Waals surface area contributed by atoms with E-state index in [1.807, 2.05) is 0 Å². The monoisotopic (exact) mass is 522 g/mol. The van der Waals surface area contributed by atoms with E-state index in [4.69, 9.17) is 0 Å². The normalized spacial score (nSPS) is 19.2. The fourth-order valence-corrected chi connectivity index (χ4v) is 4.05. The highest BCUT2D eigenvalue weighted by atomic mass is 127. The smallest absolute Gasteiger partial charge is 0.226 e. The van der Waals surface area contributed by atoms with Crippen LogP contribution in [0.5, 0.6) is 0 Å². The summed E-state index contributed by atoms with van der Waals surface area (Å²) in [5.74, 6) is -17.0. The summed E-state index contributed by atoms with van der Waals surface area (Å²) in [7, 11) is 0. The van der Waals surface area contributed by atoms with Gasteiger partial charge in [-0.25, -0.2) is 4.39 Å². The predicted octanol–water partition coefficient (Wildman–Crippen LogP) is 7.50. The molecule has 0 aliphatic heterocycles. The van der Waals surface area contributed by atoms with Gasteiger partial charge in [-0.05, 0) is 12.8 Å². The summed E-state index contributed by atoms with van der Waals surface area (Å²) in [5.41, 5.74) is -6.05. The summed E-state index contributed by atoms with van der Waals surface area (Å²) >= 11 is 1.20. The van der Waals surface area contributed by atoms with Crippen molar-refractivity contribution in [2.75, 3.05) is 0 Å². The molecule has 0 N–H and O–H groups in total. The first-order valence-corrected chi connectivity index (χ1v) is 8.90. The second-order valence-corrected chi connectivity index (χ2v) is 7.48. The van der Waals surface area contributed by atoms with Crippen LogP contribution in [-0.2, 0) is 0 Å². The molecule has 158 valence electrons. The quantitative estimate of drug-likeness (QED) is 0.127. The molecule has 0 aromatic carbocycles. The van der Waals surface area contributed by atoms with E-state index in [0.717, 1.165) is 6.92 Å². The van der Waals surface area contributed by atoms with Crippen molar-refractivity contribution in [3.63, 3.8) is 0 Å². The minimum atomic E-state index is -7.20. The molecule has 0 saturated heterocycles. The molecule has 0 heterocycles. The van der Waals surface area contributed by atoms with E-state index in [1.54, 1.807) is 6.92 Å². The first-order valence-electron chi connectivity index (χ1n) is 7.65. The van der Waals surface area contributed by atoms with Gasteiger partial charge in [-0.3, -0.25) is 0 Å². The molecular formula is C14H18F11I. The van der Waals surface area contributed by atoms with Gasteiger partial charge in [0, 0.05) is 9.84 Å². The molecule has 3 atom stereocenters. The van der Waals surface area contributed by atoms with Gasteiger partial charge in [-0.2, -0.15) is 43.9 Å². The van der Waals surface area contributed by atoms with Crippen LogP contribution < -0.4 is 0 Å². The van der Waals surface area contributed by atoms with E-state index in [1.165, 1.54) is 22.6 Å². The summed E-state index contributed by atoms with van der Waals surface area (Å²) in [4.78, 5) is 0. The maximum atomic E-state index is 14.7. The van der Waals surface area contributed by atoms with Gasteiger partial charge >= 0.3 is 24.2 Å². The highest BCUT2D eigenvalue weighted by Gasteiger charge is 2.88. The zero-order valence-electron chi connectivity index (χ0n) is 13.7. The largest absolute Gasteiger partial charge is 0.460 e. The van der Waals surface area contributed by atoms with Gasteiger partial charge in [-0.15, -0.1) is 0 Å². The van der Waals surface area contributed by atoms with Gasteiger partial charge in [-0.1, -0.05) is 55.7 Å². The SMILES string of the molecule is CCCCCC(I)C(CC)C(F)(C(F)(F)F)C(F)(F)C(F)(F)C(F)(F)F. The van der Waals surface area contributed by atoms with Crippen molar-refractivity contribution in [2.24, 2.45) is 5.92 Å². The molecule has 12 heteroatoms. The maximum absolute atomic E-state index is 14.7. The molecule has 0 nitrogen and oxygen atoms in total. The van der Waals surface area contributed by atoms with Gasteiger partial charge in [0.25, 0.3) is 5.67 Å². The molecule has 0 fully saturated rings. The third kappa shape index (κ3) is 4.50. The standard InChI is InChI=1S/C14H18F11I/c1-3-5-6-7-9(26)8(4-2)10(15,13(20,21)22)11(16,17)12(18,19)14(23,24)25/h8-9H,3-7H2,1-2H3. The number of hydrogen-bond donors (Lipinski definition) is 0. The van der Waals surface area contributed by atoms with Crippen LogP contribution in [0.4, 0.5) is 48.3 Å². The van der Waals surface area contributed by atoms with Gasteiger partial charge in [0.15, 0.2) is 0 Å². The molecule has 0 aromatic rings. The van der Waals surface area contributed by atoms with Gasteiger partial charge in [0.1, 0.15) is 0 Å².